The number of hydrogen-bond donors (Lipinski definition) is 0. The molecule has 0 saturated heterocycles. The molecule has 4 aliphatic rings. The van der Waals surface area contributed by atoms with Crippen LogP contribution in [0.2, 0.25) is 0 Å². The molecule has 4 fully saturated rings. The van der Waals surface area contributed by atoms with Gasteiger partial charge in [0, 0.05) is 10.8 Å². The van der Waals surface area contributed by atoms with Gasteiger partial charge in [0.15, 0.2) is 0 Å². The molecule has 19 heavy (non-hydrogen) atoms. The fourth-order valence-corrected chi connectivity index (χ4v) is 5.92. The van der Waals surface area contributed by atoms with Crippen molar-refractivity contribution in [2.24, 2.45) is 34.5 Å². The minimum Gasteiger partial charge on any atom is -0.298 e. The molecule has 0 spiro atoms. The highest BCUT2D eigenvalue weighted by Crippen LogP contribution is 2.65. The molecule has 0 aromatic carbocycles. The molecule has 0 aliphatic heterocycles. The zero-order valence-corrected chi connectivity index (χ0v) is 13.2. The highest BCUT2D eigenvalue weighted by molar-refractivity contribution is 5.90. The Morgan fingerprint density at radius 1 is 1.00 bits per heavy atom. The van der Waals surface area contributed by atoms with E-state index in [1.165, 1.54) is 32.1 Å². The molecule has 4 rings (SSSR count). The van der Waals surface area contributed by atoms with Crippen molar-refractivity contribution in [2.45, 2.75) is 72.6 Å². The summed E-state index contributed by atoms with van der Waals surface area (Å²) in [6, 6.07) is 0. The van der Waals surface area contributed by atoms with E-state index < -0.39 is 0 Å². The lowest BCUT2D eigenvalue weighted by Crippen LogP contribution is -2.59. The SMILES string of the molecule is CCC(C)(C)C(=O)C1(CC)C2CC3CC(C2)CC1C3. The molecule has 0 aromatic heterocycles. The van der Waals surface area contributed by atoms with Crippen molar-refractivity contribution in [3.05, 3.63) is 0 Å². The molecule has 0 radical (unpaired) electrons. The van der Waals surface area contributed by atoms with Gasteiger partial charge >= 0.3 is 0 Å². The van der Waals surface area contributed by atoms with Gasteiger partial charge in [0.05, 0.1) is 0 Å². The third-order valence-electron chi connectivity index (χ3n) is 7.10. The van der Waals surface area contributed by atoms with Crippen LogP contribution in [0, 0.1) is 34.5 Å². The Bertz CT molecular complexity index is 351. The van der Waals surface area contributed by atoms with Crippen molar-refractivity contribution in [2.75, 3.05) is 0 Å². The quantitative estimate of drug-likeness (QED) is 0.708. The van der Waals surface area contributed by atoms with Gasteiger partial charge in [-0.3, -0.25) is 4.79 Å². The smallest absolute Gasteiger partial charge is 0.145 e. The lowest BCUT2D eigenvalue weighted by atomic mass is 9.42. The predicted molar refractivity (Wildman–Crippen MR) is 78.8 cm³/mol. The van der Waals surface area contributed by atoms with Gasteiger partial charge in [-0.15, -0.1) is 0 Å². The van der Waals surface area contributed by atoms with Gasteiger partial charge in [-0.25, -0.2) is 0 Å². The van der Waals surface area contributed by atoms with Gasteiger partial charge in [-0.1, -0.05) is 27.7 Å². The fraction of sp³-hybridized carbons (Fsp3) is 0.944. The molecular formula is C18H30O. The van der Waals surface area contributed by atoms with Crippen LogP contribution in [0.3, 0.4) is 0 Å². The Labute approximate surface area is 118 Å². The van der Waals surface area contributed by atoms with Crippen LogP contribution in [-0.2, 0) is 4.79 Å². The Morgan fingerprint density at radius 3 is 1.84 bits per heavy atom. The number of carbonyl (C=O) groups is 1. The van der Waals surface area contributed by atoms with Crippen LogP contribution >= 0.6 is 0 Å². The highest BCUT2D eigenvalue weighted by Gasteiger charge is 2.61. The molecule has 4 saturated carbocycles. The van der Waals surface area contributed by atoms with Crippen molar-refractivity contribution in [3.63, 3.8) is 0 Å². The predicted octanol–water partition coefficient (Wildman–Crippen LogP) is 4.84. The first-order valence-electron chi connectivity index (χ1n) is 8.49. The summed E-state index contributed by atoms with van der Waals surface area (Å²) >= 11 is 0. The van der Waals surface area contributed by atoms with Gasteiger partial charge in [-0.2, -0.15) is 0 Å². The molecule has 4 bridgehead atoms. The van der Waals surface area contributed by atoms with Crippen LogP contribution in [0.15, 0.2) is 0 Å². The van der Waals surface area contributed by atoms with E-state index in [1.807, 2.05) is 0 Å². The summed E-state index contributed by atoms with van der Waals surface area (Å²) in [7, 11) is 0. The lowest BCUT2D eigenvalue weighted by Gasteiger charge is -2.61. The second-order valence-electron chi connectivity index (χ2n) is 8.26. The molecule has 0 aromatic rings. The summed E-state index contributed by atoms with van der Waals surface area (Å²) in [5.41, 5.74) is -0.0711. The van der Waals surface area contributed by atoms with Gasteiger partial charge in [0.25, 0.3) is 0 Å². The summed E-state index contributed by atoms with van der Waals surface area (Å²) in [6.07, 6.45) is 8.96. The first kappa shape index (κ1) is 13.6. The monoisotopic (exact) mass is 262 g/mol. The summed E-state index contributed by atoms with van der Waals surface area (Å²) in [6.45, 7) is 8.82. The third-order valence-corrected chi connectivity index (χ3v) is 7.10. The third kappa shape index (κ3) is 1.76. The van der Waals surface area contributed by atoms with E-state index in [0.717, 1.165) is 24.7 Å². The molecule has 0 unspecified atom stereocenters. The second kappa shape index (κ2) is 4.33. The molecule has 4 aliphatic carbocycles. The average molecular weight is 262 g/mol. The van der Waals surface area contributed by atoms with Crippen LogP contribution in [-0.4, -0.2) is 5.78 Å². The Kier molecular flexibility index (Phi) is 3.11. The normalized spacial score (nSPS) is 44.6. The summed E-state index contributed by atoms with van der Waals surface area (Å²) in [5.74, 6) is 3.96. The van der Waals surface area contributed by atoms with Gasteiger partial charge in [0.2, 0.25) is 0 Å². The Hall–Kier alpha value is -0.330. The van der Waals surface area contributed by atoms with Crippen molar-refractivity contribution in [1.82, 2.24) is 0 Å². The van der Waals surface area contributed by atoms with Crippen LogP contribution in [0.4, 0.5) is 0 Å². The van der Waals surface area contributed by atoms with Crippen LogP contribution < -0.4 is 0 Å². The zero-order valence-electron chi connectivity index (χ0n) is 13.2. The molecule has 0 amide bonds. The number of Topliss-reactive ketones (excluding diaryl/α,β-unsaturated/α-hetero) is 1. The average Bonchev–Trinajstić information content (AvgIpc) is 2.38. The van der Waals surface area contributed by atoms with Crippen molar-refractivity contribution in [1.29, 1.82) is 0 Å². The van der Waals surface area contributed by atoms with Crippen LogP contribution in [0.5, 0.6) is 0 Å². The second-order valence-corrected chi connectivity index (χ2v) is 8.26. The lowest BCUT2D eigenvalue weighted by molar-refractivity contribution is -0.167. The summed E-state index contributed by atoms with van der Waals surface area (Å²) < 4.78 is 0. The summed E-state index contributed by atoms with van der Waals surface area (Å²) in [4.78, 5) is 13.3. The maximum absolute atomic E-state index is 13.3. The minimum absolute atomic E-state index is 0.0485. The maximum atomic E-state index is 13.3. The van der Waals surface area contributed by atoms with E-state index in [0.29, 0.717) is 17.6 Å². The first-order valence-corrected chi connectivity index (χ1v) is 8.49. The molecule has 108 valence electrons. The van der Waals surface area contributed by atoms with E-state index >= 15 is 0 Å². The molecule has 0 N–H and O–H groups in total. The maximum Gasteiger partial charge on any atom is 0.145 e. The molecular weight excluding hydrogens is 232 g/mol. The van der Waals surface area contributed by atoms with Gasteiger partial charge in [-0.05, 0) is 68.6 Å². The van der Waals surface area contributed by atoms with Gasteiger partial charge < -0.3 is 0 Å². The fourth-order valence-electron chi connectivity index (χ4n) is 5.92. The number of hydrogen-bond acceptors (Lipinski definition) is 1. The van der Waals surface area contributed by atoms with Crippen LogP contribution in [0.25, 0.3) is 0 Å². The largest absolute Gasteiger partial charge is 0.298 e. The molecule has 0 heterocycles. The Morgan fingerprint density at radius 2 is 1.47 bits per heavy atom. The summed E-state index contributed by atoms with van der Waals surface area (Å²) in [5, 5.41) is 0. The standard InChI is InChI=1S/C18H30O/c1-5-17(3,4)16(19)18(6-2)14-8-12-7-13(10-14)11-15(18)9-12/h12-15H,5-11H2,1-4H3. The van der Waals surface area contributed by atoms with Gasteiger partial charge in [0.1, 0.15) is 5.78 Å². The number of rotatable bonds is 4. The number of ketones is 1. The minimum atomic E-state index is -0.120. The van der Waals surface area contributed by atoms with Crippen molar-refractivity contribution < 1.29 is 4.79 Å². The van der Waals surface area contributed by atoms with Crippen LogP contribution in [0.1, 0.15) is 72.6 Å². The van der Waals surface area contributed by atoms with E-state index in [-0.39, 0.29) is 10.8 Å². The first-order chi connectivity index (χ1) is 8.94. The van der Waals surface area contributed by atoms with E-state index in [2.05, 4.69) is 27.7 Å². The molecule has 0 atom stereocenters. The number of carbonyl (C=O) groups excluding carboxylic acids is 1. The van der Waals surface area contributed by atoms with E-state index in [9.17, 15) is 4.79 Å². The molecule has 1 heteroatoms. The highest BCUT2D eigenvalue weighted by atomic mass is 16.1. The van der Waals surface area contributed by atoms with Crippen molar-refractivity contribution in [3.8, 4) is 0 Å². The van der Waals surface area contributed by atoms with Crippen molar-refractivity contribution >= 4 is 5.78 Å². The van der Waals surface area contributed by atoms with E-state index in [4.69, 9.17) is 0 Å². The topological polar surface area (TPSA) is 17.1 Å². The van der Waals surface area contributed by atoms with E-state index in [1.54, 1.807) is 0 Å². The molecule has 1 nitrogen and oxygen atoms in total. The Balaban J connectivity index is 1.97. The zero-order chi connectivity index (χ0) is 13.8.